The highest BCUT2D eigenvalue weighted by molar-refractivity contribution is 6.32. The highest BCUT2D eigenvalue weighted by Crippen LogP contribution is 2.35. The number of anilines is 1. The summed E-state index contributed by atoms with van der Waals surface area (Å²) in [7, 11) is 0. The molecule has 2 N–H and O–H groups in total. The molecule has 0 saturated heterocycles. The first kappa shape index (κ1) is 12.9. The lowest BCUT2D eigenvalue weighted by Crippen LogP contribution is -1.96. The number of benzene rings is 1. The molecule has 0 saturated carbocycles. The predicted molar refractivity (Wildman–Crippen MR) is 72.4 cm³/mol. The lowest BCUT2D eigenvalue weighted by atomic mass is 10.1. The zero-order valence-electron chi connectivity index (χ0n) is 9.65. The molecule has 18 heavy (non-hydrogen) atoms. The number of rotatable bonds is 3. The van der Waals surface area contributed by atoms with E-state index in [1.54, 1.807) is 6.07 Å². The van der Waals surface area contributed by atoms with Crippen LogP contribution in [0, 0.1) is 0 Å². The number of hydrogen-bond donors (Lipinski definition) is 1. The monoisotopic (exact) mass is 283 g/mol. The fourth-order valence-corrected chi connectivity index (χ4v) is 1.95. The molecule has 94 valence electrons. The van der Waals surface area contributed by atoms with Gasteiger partial charge in [-0.2, -0.15) is 0 Å². The Morgan fingerprint density at radius 1 is 1.22 bits per heavy atom. The second-order valence-electron chi connectivity index (χ2n) is 3.63. The first-order valence-electron chi connectivity index (χ1n) is 5.33. The van der Waals surface area contributed by atoms with Crippen LogP contribution in [0.4, 0.5) is 5.69 Å². The number of hydrogen-bond acceptors (Lipinski definition) is 4. The normalized spacial score (nSPS) is 10.4. The topological polar surface area (TPSA) is 61.0 Å². The van der Waals surface area contributed by atoms with E-state index in [0.29, 0.717) is 27.5 Å². The van der Waals surface area contributed by atoms with Crippen molar-refractivity contribution in [3.63, 3.8) is 0 Å². The van der Waals surface area contributed by atoms with Crippen LogP contribution in [0.5, 0.6) is 11.6 Å². The Balaban J connectivity index is 2.39. The SMILES string of the molecule is CCc1cc(N)cc(Cl)c1Oc1cc(Cl)ncn1. The van der Waals surface area contributed by atoms with Crippen molar-refractivity contribution in [3.05, 3.63) is 40.3 Å². The number of nitrogens with two attached hydrogens (primary N) is 1. The van der Waals surface area contributed by atoms with Gasteiger partial charge in [0.25, 0.3) is 0 Å². The molecule has 4 nitrogen and oxygen atoms in total. The molecule has 0 radical (unpaired) electrons. The van der Waals surface area contributed by atoms with Crippen molar-refractivity contribution in [2.75, 3.05) is 5.73 Å². The van der Waals surface area contributed by atoms with Crippen molar-refractivity contribution in [3.8, 4) is 11.6 Å². The van der Waals surface area contributed by atoms with Gasteiger partial charge in [-0.05, 0) is 24.1 Å². The third-order valence-electron chi connectivity index (χ3n) is 2.34. The largest absolute Gasteiger partial charge is 0.437 e. The molecule has 2 rings (SSSR count). The lowest BCUT2D eigenvalue weighted by molar-refractivity contribution is 0.456. The third-order valence-corrected chi connectivity index (χ3v) is 2.83. The Hall–Kier alpha value is -1.52. The van der Waals surface area contributed by atoms with Crippen LogP contribution in [0.1, 0.15) is 12.5 Å². The molecule has 0 bridgehead atoms. The van der Waals surface area contributed by atoms with E-state index in [1.807, 2.05) is 13.0 Å². The minimum absolute atomic E-state index is 0.310. The fraction of sp³-hybridized carbons (Fsp3) is 0.167. The van der Waals surface area contributed by atoms with Crippen LogP contribution in [-0.2, 0) is 6.42 Å². The van der Waals surface area contributed by atoms with Gasteiger partial charge in [0, 0.05) is 11.8 Å². The number of aromatic nitrogens is 2. The van der Waals surface area contributed by atoms with Gasteiger partial charge >= 0.3 is 0 Å². The number of nitrogens with zero attached hydrogens (tertiary/aromatic N) is 2. The molecule has 0 amide bonds. The second-order valence-corrected chi connectivity index (χ2v) is 4.42. The van der Waals surface area contributed by atoms with Gasteiger partial charge < -0.3 is 10.5 Å². The number of halogens is 2. The second kappa shape index (κ2) is 5.42. The Morgan fingerprint density at radius 3 is 2.67 bits per heavy atom. The van der Waals surface area contributed by atoms with Crippen LogP contribution >= 0.6 is 23.2 Å². The summed E-state index contributed by atoms with van der Waals surface area (Å²) < 4.78 is 5.64. The summed E-state index contributed by atoms with van der Waals surface area (Å²) in [5.41, 5.74) is 7.25. The van der Waals surface area contributed by atoms with Crippen LogP contribution < -0.4 is 10.5 Å². The zero-order chi connectivity index (χ0) is 13.1. The van der Waals surface area contributed by atoms with E-state index < -0.39 is 0 Å². The van der Waals surface area contributed by atoms with E-state index in [1.165, 1.54) is 12.4 Å². The van der Waals surface area contributed by atoms with E-state index in [4.69, 9.17) is 33.7 Å². The first-order valence-corrected chi connectivity index (χ1v) is 6.09. The standard InChI is InChI=1S/C12H11Cl2N3O/c1-2-7-3-8(15)4-9(13)12(7)18-11-5-10(14)16-6-17-11/h3-6H,2,15H2,1H3. The molecule has 0 atom stereocenters. The Bertz CT molecular complexity index is 575. The molecule has 1 aromatic heterocycles. The van der Waals surface area contributed by atoms with Gasteiger partial charge in [-0.3, -0.25) is 0 Å². The van der Waals surface area contributed by atoms with Crippen LogP contribution in [0.15, 0.2) is 24.5 Å². The average Bonchev–Trinajstić information content (AvgIpc) is 2.32. The maximum Gasteiger partial charge on any atom is 0.223 e. The maximum atomic E-state index is 6.12. The number of nitrogen functional groups attached to an aromatic ring is 1. The highest BCUT2D eigenvalue weighted by Gasteiger charge is 2.11. The van der Waals surface area contributed by atoms with E-state index in [-0.39, 0.29) is 0 Å². The third kappa shape index (κ3) is 2.83. The highest BCUT2D eigenvalue weighted by atomic mass is 35.5. The Labute approximate surface area is 115 Å². The van der Waals surface area contributed by atoms with Crippen LogP contribution in [0.3, 0.4) is 0 Å². The molecular formula is C12H11Cl2N3O. The van der Waals surface area contributed by atoms with Gasteiger partial charge in [-0.1, -0.05) is 30.1 Å². The van der Waals surface area contributed by atoms with Crippen molar-refractivity contribution < 1.29 is 4.74 Å². The van der Waals surface area contributed by atoms with Crippen LogP contribution in [0.25, 0.3) is 0 Å². The summed E-state index contributed by atoms with van der Waals surface area (Å²) in [6.07, 6.45) is 2.08. The minimum atomic E-state index is 0.310. The van der Waals surface area contributed by atoms with E-state index in [0.717, 1.165) is 12.0 Å². The Kier molecular flexibility index (Phi) is 3.89. The smallest absolute Gasteiger partial charge is 0.223 e. The van der Waals surface area contributed by atoms with Crippen molar-refractivity contribution in [1.82, 2.24) is 9.97 Å². The van der Waals surface area contributed by atoms with Crippen LogP contribution in [0.2, 0.25) is 10.2 Å². The van der Waals surface area contributed by atoms with E-state index in [9.17, 15) is 0 Å². The summed E-state index contributed by atoms with van der Waals surface area (Å²) in [6.45, 7) is 1.99. The summed E-state index contributed by atoms with van der Waals surface area (Å²) in [5.74, 6) is 0.888. The molecule has 2 aromatic rings. The molecule has 0 aliphatic heterocycles. The van der Waals surface area contributed by atoms with Gasteiger partial charge in [-0.15, -0.1) is 0 Å². The average molecular weight is 284 g/mol. The molecule has 0 aliphatic carbocycles. The van der Waals surface area contributed by atoms with Crippen molar-refractivity contribution in [2.45, 2.75) is 13.3 Å². The molecule has 0 aliphatic rings. The predicted octanol–water partition coefficient (Wildman–Crippen LogP) is 3.72. The Morgan fingerprint density at radius 2 is 2.00 bits per heavy atom. The number of aryl methyl sites for hydroxylation is 1. The van der Waals surface area contributed by atoms with Gasteiger partial charge in [0.15, 0.2) is 5.75 Å². The first-order chi connectivity index (χ1) is 8.60. The molecule has 1 aromatic carbocycles. The fourth-order valence-electron chi connectivity index (χ4n) is 1.53. The van der Waals surface area contributed by atoms with Crippen molar-refractivity contribution in [2.24, 2.45) is 0 Å². The van der Waals surface area contributed by atoms with Crippen molar-refractivity contribution in [1.29, 1.82) is 0 Å². The van der Waals surface area contributed by atoms with Gasteiger partial charge in [0.1, 0.15) is 11.5 Å². The van der Waals surface area contributed by atoms with Crippen molar-refractivity contribution >= 4 is 28.9 Å². The minimum Gasteiger partial charge on any atom is -0.437 e. The van der Waals surface area contributed by atoms with Gasteiger partial charge in [0.05, 0.1) is 5.02 Å². The van der Waals surface area contributed by atoms with E-state index in [2.05, 4.69) is 9.97 Å². The molecule has 6 heteroatoms. The molecule has 0 fully saturated rings. The van der Waals surface area contributed by atoms with Gasteiger partial charge in [-0.25, -0.2) is 9.97 Å². The summed E-state index contributed by atoms with van der Waals surface area (Å²) in [6, 6.07) is 4.98. The molecular weight excluding hydrogens is 273 g/mol. The summed E-state index contributed by atoms with van der Waals surface area (Å²) in [4.78, 5) is 7.75. The molecule has 1 heterocycles. The zero-order valence-corrected chi connectivity index (χ0v) is 11.2. The molecule has 0 spiro atoms. The lowest BCUT2D eigenvalue weighted by Gasteiger charge is -2.12. The van der Waals surface area contributed by atoms with Gasteiger partial charge in [0.2, 0.25) is 5.88 Å². The quantitative estimate of drug-likeness (QED) is 0.689. The summed E-state index contributed by atoms with van der Waals surface area (Å²) >= 11 is 11.9. The number of ether oxygens (including phenoxy) is 1. The molecule has 0 unspecified atom stereocenters. The van der Waals surface area contributed by atoms with E-state index >= 15 is 0 Å². The van der Waals surface area contributed by atoms with Crippen LogP contribution in [-0.4, -0.2) is 9.97 Å². The summed E-state index contributed by atoms with van der Waals surface area (Å²) in [5, 5.41) is 0.756. The maximum absolute atomic E-state index is 6.12.